The third kappa shape index (κ3) is 4.64. The second-order valence-corrected chi connectivity index (χ2v) is 6.92. The molecule has 0 aromatic heterocycles. The molecule has 1 heterocycles. The largest absolute Gasteiger partial charge is 0.336 e. The molecule has 138 valence electrons. The van der Waals surface area contributed by atoms with Crippen LogP contribution in [0.15, 0.2) is 24.3 Å². The van der Waals surface area contributed by atoms with Gasteiger partial charge in [-0.1, -0.05) is 25.3 Å². The van der Waals surface area contributed by atoms with Crippen molar-refractivity contribution in [1.29, 1.82) is 0 Å². The quantitative estimate of drug-likeness (QED) is 0.748. The minimum atomic E-state index is -0.0947. The average Bonchev–Trinajstić information content (AvgIpc) is 3.02. The highest BCUT2D eigenvalue weighted by molar-refractivity contribution is 5.96. The highest BCUT2D eigenvalue weighted by atomic mass is 35.5. The fraction of sp³-hybridized carbons (Fsp3) is 0.556. The minimum Gasteiger partial charge on any atom is -0.336 e. The first kappa shape index (κ1) is 19.5. The first-order valence-electron chi connectivity index (χ1n) is 8.77. The van der Waals surface area contributed by atoms with E-state index in [-0.39, 0.29) is 29.8 Å². The van der Waals surface area contributed by atoms with Crippen LogP contribution in [0.25, 0.3) is 0 Å². The summed E-state index contributed by atoms with van der Waals surface area (Å²) in [7, 11) is 0. The molecule has 3 rings (SSSR count). The van der Waals surface area contributed by atoms with Crippen LogP contribution in [0.4, 0.5) is 16.2 Å². The summed E-state index contributed by atoms with van der Waals surface area (Å²) in [4.78, 5) is 25.9. The molecule has 1 aliphatic heterocycles. The third-order valence-corrected chi connectivity index (χ3v) is 5.18. The van der Waals surface area contributed by atoms with E-state index >= 15 is 0 Å². The second kappa shape index (κ2) is 8.54. The van der Waals surface area contributed by atoms with Crippen LogP contribution >= 0.6 is 12.4 Å². The summed E-state index contributed by atoms with van der Waals surface area (Å²) in [5.74, 6) is 0.00498. The van der Waals surface area contributed by atoms with Gasteiger partial charge in [0.05, 0.1) is 0 Å². The van der Waals surface area contributed by atoms with Gasteiger partial charge in [0, 0.05) is 30.9 Å². The van der Waals surface area contributed by atoms with Gasteiger partial charge in [-0.3, -0.25) is 9.69 Å². The molecular formula is C18H27ClN4O2. The second-order valence-electron chi connectivity index (χ2n) is 6.92. The number of hydrogen-bond acceptors (Lipinski definition) is 3. The lowest BCUT2D eigenvalue weighted by atomic mass is 9.71. The van der Waals surface area contributed by atoms with Gasteiger partial charge in [-0.25, -0.2) is 4.79 Å². The molecule has 2 fully saturated rings. The zero-order chi connectivity index (χ0) is 17.0. The van der Waals surface area contributed by atoms with Crippen LogP contribution in [0.5, 0.6) is 0 Å². The number of anilines is 2. The topological polar surface area (TPSA) is 87.5 Å². The van der Waals surface area contributed by atoms with Crippen molar-refractivity contribution in [3.05, 3.63) is 24.3 Å². The van der Waals surface area contributed by atoms with Crippen LogP contribution in [0.1, 0.15) is 38.5 Å². The Labute approximate surface area is 154 Å². The number of hydrogen-bond donors (Lipinski definition) is 3. The lowest BCUT2D eigenvalue weighted by Crippen LogP contribution is -2.36. The number of urea groups is 1. The van der Waals surface area contributed by atoms with E-state index in [1.165, 1.54) is 6.42 Å². The minimum absolute atomic E-state index is 0. The number of rotatable bonds is 5. The number of carbonyl (C=O) groups is 2. The number of carbonyl (C=O) groups excluding carboxylic acids is 2. The molecule has 1 aliphatic carbocycles. The van der Waals surface area contributed by atoms with Crippen LogP contribution < -0.4 is 21.3 Å². The van der Waals surface area contributed by atoms with Crippen molar-refractivity contribution in [3.8, 4) is 0 Å². The Morgan fingerprint density at radius 1 is 1.28 bits per heavy atom. The van der Waals surface area contributed by atoms with Gasteiger partial charge >= 0.3 is 6.03 Å². The first-order chi connectivity index (χ1) is 11.6. The number of amides is 3. The van der Waals surface area contributed by atoms with Gasteiger partial charge in [-0.05, 0) is 43.0 Å². The van der Waals surface area contributed by atoms with E-state index in [4.69, 9.17) is 5.73 Å². The molecule has 0 radical (unpaired) electrons. The van der Waals surface area contributed by atoms with Gasteiger partial charge < -0.3 is 16.4 Å². The van der Waals surface area contributed by atoms with Gasteiger partial charge in [-0.15, -0.1) is 12.4 Å². The Morgan fingerprint density at radius 2 is 2.04 bits per heavy atom. The van der Waals surface area contributed by atoms with Crippen LogP contribution in [-0.4, -0.2) is 31.6 Å². The van der Waals surface area contributed by atoms with Crippen molar-refractivity contribution in [2.45, 2.75) is 38.5 Å². The van der Waals surface area contributed by atoms with E-state index in [1.807, 2.05) is 24.3 Å². The molecule has 2 aliphatic rings. The van der Waals surface area contributed by atoms with Gasteiger partial charge in [0.1, 0.15) is 0 Å². The summed E-state index contributed by atoms with van der Waals surface area (Å²) in [6.45, 7) is 1.86. The fourth-order valence-electron chi connectivity index (χ4n) is 3.77. The van der Waals surface area contributed by atoms with Crippen molar-refractivity contribution < 1.29 is 9.59 Å². The standard InChI is InChI=1S/C18H26N4O2.ClH/c19-13-18(7-2-1-3-8-18)12-16(23)21-14-5-4-6-15(11-14)22-10-9-20-17(22)24;/h4-6,11H,1-3,7-10,12-13,19H2,(H,20,24)(H,21,23);1H. The maximum absolute atomic E-state index is 12.5. The monoisotopic (exact) mass is 366 g/mol. The van der Waals surface area contributed by atoms with Crippen molar-refractivity contribution >= 4 is 35.7 Å². The zero-order valence-corrected chi connectivity index (χ0v) is 15.2. The molecule has 4 N–H and O–H groups in total. The van der Waals surface area contributed by atoms with Crippen LogP contribution in [0.2, 0.25) is 0 Å². The summed E-state index contributed by atoms with van der Waals surface area (Å²) < 4.78 is 0. The average molecular weight is 367 g/mol. The third-order valence-electron chi connectivity index (χ3n) is 5.18. The summed E-state index contributed by atoms with van der Waals surface area (Å²) in [6.07, 6.45) is 6.09. The molecule has 0 atom stereocenters. The lowest BCUT2D eigenvalue weighted by molar-refractivity contribution is -0.118. The van der Waals surface area contributed by atoms with Gasteiger partial charge in [0.15, 0.2) is 0 Å². The molecule has 0 bridgehead atoms. The molecule has 7 heteroatoms. The first-order valence-corrected chi connectivity index (χ1v) is 8.77. The molecule has 6 nitrogen and oxygen atoms in total. The van der Waals surface area contributed by atoms with Crippen molar-refractivity contribution in [3.63, 3.8) is 0 Å². The molecule has 1 saturated carbocycles. The highest BCUT2D eigenvalue weighted by Crippen LogP contribution is 2.38. The van der Waals surface area contributed by atoms with E-state index in [0.29, 0.717) is 26.1 Å². The predicted octanol–water partition coefficient (Wildman–Crippen LogP) is 2.88. The van der Waals surface area contributed by atoms with Crippen LogP contribution in [-0.2, 0) is 4.79 Å². The fourth-order valence-corrected chi connectivity index (χ4v) is 3.77. The Balaban J connectivity index is 0.00000225. The van der Waals surface area contributed by atoms with Crippen LogP contribution in [0, 0.1) is 5.41 Å². The summed E-state index contributed by atoms with van der Waals surface area (Å²) in [5.41, 5.74) is 7.45. The zero-order valence-electron chi connectivity index (χ0n) is 14.4. The molecule has 1 aromatic carbocycles. The molecular weight excluding hydrogens is 340 g/mol. The Morgan fingerprint density at radius 3 is 2.68 bits per heavy atom. The Hall–Kier alpha value is -1.79. The van der Waals surface area contributed by atoms with Crippen LogP contribution in [0.3, 0.4) is 0 Å². The summed E-state index contributed by atoms with van der Waals surface area (Å²) in [6, 6.07) is 7.34. The highest BCUT2D eigenvalue weighted by Gasteiger charge is 2.33. The Kier molecular flexibility index (Phi) is 6.67. The number of nitrogens with two attached hydrogens (primary N) is 1. The van der Waals surface area contributed by atoms with Crippen molar-refractivity contribution in [1.82, 2.24) is 5.32 Å². The normalized spacial score (nSPS) is 19.1. The molecule has 25 heavy (non-hydrogen) atoms. The molecule has 1 saturated heterocycles. The molecule has 0 unspecified atom stereocenters. The number of halogens is 1. The molecule has 3 amide bonds. The van der Waals surface area contributed by atoms with Gasteiger partial charge in [0.25, 0.3) is 0 Å². The molecule has 1 aromatic rings. The summed E-state index contributed by atoms with van der Waals surface area (Å²) >= 11 is 0. The van der Waals surface area contributed by atoms with E-state index in [1.54, 1.807) is 4.90 Å². The lowest BCUT2D eigenvalue weighted by Gasteiger charge is -2.35. The maximum atomic E-state index is 12.5. The van der Waals surface area contributed by atoms with E-state index in [9.17, 15) is 9.59 Å². The number of nitrogens with zero attached hydrogens (tertiary/aromatic N) is 1. The SMILES string of the molecule is Cl.NCC1(CC(=O)Nc2cccc(N3CCNC3=O)c2)CCCCC1. The maximum Gasteiger partial charge on any atom is 0.321 e. The Bertz CT molecular complexity index is 617. The van der Waals surface area contributed by atoms with E-state index in [2.05, 4.69) is 10.6 Å². The summed E-state index contributed by atoms with van der Waals surface area (Å²) in [5, 5.41) is 5.75. The van der Waals surface area contributed by atoms with E-state index < -0.39 is 0 Å². The van der Waals surface area contributed by atoms with Crippen molar-refractivity contribution in [2.75, 3.05) is 29.9 Å². The van der Waals surface area contributed by atoms with Gasteiger partial charge in [-0.2, -0.15) is 0 Å². The smallest absolute Gasteiger partial charge is 0.321 e. The van der Waals surface area contributed by atoms with E-state index in [0.717, 1.165) is 37.1 Å². The van der Waals surface area contributed by atoms with Crippen molar-refractivity contribution in [2.24, 2.45) is 11.1 Å². The van der Waals surface area contributed by atoms with Gasteiger partial charge in [0.2, 0.25) is 5.91 Å². The predicted molar refractivity (Wildman–Crippen MR) is 102 cm³/mol. The number of benzene rings is 1. The number of nitrogens with one attached hydrogen (secondary N) is 2. The molecule has 0 spiro atoms.